The van der Waals surface area contributed by atoms with Gasteiger partial charge in [0.1, 0.15) is 9.77 Å². The number of nitrogens with zero attached hydrogens (tertiary/aromatic N) is 1. The van der Waals surface area contributed by atoms with Gasteiger partial charge in [-0.05, 0) is 29.6 Å². The lowest BCUT2D eigenvalue weighted by Crippen LogP contribution is -2.38. The summed E-state index contributed by atoms with van der Waals surface area (Å²) in [6.45, 7) is 0.717. The van der Waals surface area contributed by atoms with E-state index in [1.807, 2.05) is 0 Å². The van der Waals surface area contributed by atoms with E-state index < -0.39 is 27.7 Å². The average molecular weight is 437 g/mol. The number of thiophene rings is 1. The van der Waals surface area contributed by atoms with Gasteiger partial charge in [-0.2, -0.15) is 29.2 Å². The molecular formula is C16H15F3N2O3S3. The van der Waals surface area contributed by atoms with Gasteiger partial charge in [-0.25, -0.2) is 8.42 Å². The van der Waals surface area contributed by atoms with Gasteiger partial charge in [0, 0.05) is 30.3 Å². The van der Waals surface area contributed by atoms with E-state index in [1.54, 1.807) is 11.8 Å². The van der Waals surface area contributed by atoms with Crippen molar-refractivity contribution in [1.29, 1.82) is 0 Å². The summed E-state index contributed by atoms with van der Waals surface area (Å²) in [6.07, 6.45) is -4.54. The largest absolute Gasteiger partial charge is 0.416 e. The summed E-state index contributed by atoms with van der Waals surface area (Å²) in [5.74, 6) is 0.596. The number of rotatable bonds is 4. The second-order valence-electron chi connectivity index (χ2n) is 5.66. The van der Waals surface area contributed by atoms with Crippen LogP contribution in [0.15, 0.2) is 40.6 Å². The number of alkyl halides is 3. The molecule has 5 nitrogen and oxygen atoms in total. The predicted octanol–water partition coefficient (Wildman–Crippen LogP) is 3.76. The van der Waals surface area contributed by atoms with E-state index in [2.05, 4.69) is 5.32 Å². The van der Waals surface area contributed by atoms with Crippen LogP contribution in [0.25, 0.3) is 0 Å². The molecule has 2 heterocycles. The van der Waals surface area contributed by atoms with Crippen molar-refractivity contribution >= 4 is 44.7 Å². The molecule has 11 heteroatoms. The summed E-state index contributed by atoms with van der Waals surface area (Å²) in [7, 11) is -3.83. The van der Waals surface area contributed by atoms with Crippen LogP contribution in [-0.2, 0) is 16.2 Å². The Bertz CT molecular complexity index is 936. The second kappa shape index (κ2) is 7.82. The predicted molar refractivity (Wildman–Crippen MR) is 99.8 cm³/mol. The fourth-order valence-electron chi connectivity index (χ4n) is 2.55. The van der Waals surface area contributed by atoms with Crippen LogP contribution in [0, 0.1) is 0 Å². The van der Waals surface area contributed by atoms with E-state index in [-0.39, 0.29) is 15.5 Å². The maximum Gasteiger partial charge on any atom is 0.416 e. The van der Waals surface area contributed by atoms with Gasteiger partial charge in [-0.3, -0.25) is 4.79 Å². The van der Waals surface area contributed by atoms with E-state index in [9.17, 15) is 26.4 Å². The summed E-state index contributed by atoms with van der Waals surface area (Å²) in [5, 5.41) is 3.84. The molecule has 1 N–H and O–H groups in total. The topological polar surface area (TPSA) is 66.5 Å². The number of nitrogens with one attached hydrogen (secondary N) is 1. The number of hydrogen-bond donors (Lipinski definition) is 1. The fraction of sp³-hybridized carbons (Fsp3) is 0.312. The van der Waals surface area contributed by atoms with Gasteiger partial charge in [-0.15, -0.1) is 11.3 Å². The lowest BCUT2D eigenvalue weighted by Gasteiger charge is -2.25. The Morgan fingerprint density at radius 2 is 1.85 bits per heavy atom. The molecule has 1 aliphatic rings. The monoisotopic (exact) mass is 436 g/mol. The van der Waals surface area contributed by atoms with E-state index in [4.69, 9.17) is 0 Å². The van der Waals surface area contributed by atoms with Crippen molar-refractivity contribution in [3.63, 3.8) is 0 Å². The molecule has 1 fully saturated rings. The minimum absolute atomic E-state index is 0.0503. The number of halogens is 3. The number of thioether (sulfide) groups is 1. The summed E-state index contributed by atoms with van der Waals surface area (Å²) in [5.41, 5.74) is -0.953. The van der Waals surface area contributed by atoms with E-state index >= 15 is 0 Å². The Balaban J connectivity index is 1.84. The van der Waals surface area contributed by atoms with Crippen molar-refractivity contribution in [2.45, 2.75) is 11.1 Å². The van der Waals surface area contributed by atoms with Crippen LogP contribution in [-0.4, -0.2) is 43.2 Å². The van der Waals surface area contributed by atoms with Crippen LogP contribution in [0.3, 0.4) is 0 Å². The van der Waals surface area contributed by atoms with Crippen LogP contribution >= 0.6 is 23.1 Å². The first-order chi connectivity index (χ1) is 12.7. The summed E-state index contributed by atoms with van der Waals surface area (Å²) in [4.78, 5) is 12.3. The zero-order chi connectivity index (χ0) is 19.7. The van der Waals surface area contributed by atoms with Gasteiger partial charge in [0.25, 0.3) is 5.91 Å². The maximum absolute atomic E-state index is 12.8. The van der Waals surface area contributed by atoms with Crippen LogP contribution in [0.5, 0.6) is 0 Å². The summed E-state index contributed by atoms with van der Waals surface area (Å²) in [6, 6.07) is 5.54. The van der Waals surface area contributed by atoms with Gasteiger partial charge in [0.15, 0.2) is 0 Å². The summed E-state index contributed by atoms with van der Waals surface area (Å²) < 4.78 is 65.4. The van der Waals surface area contributed by atoms with Gasteiger partial charge < -0.3 is 5.32 Å². The third-order valence-electron chi connectivity index (χ3n) is 3.87. The smallest absolute Gasteiger partial charge is 0.321 e. The minimum Gasteiger partial charge on any atom is -0.321 e. The molecule has 2 aromatic rings. The number of benzene rings is 1. The van der Waals surface area contributed by atoms with Crippen LogP contribution < -0.4 is 5.32 Å². The normalized spacial score (nSPS) is 16.3. The highest BCUT2D eigenvalue weighted by atomic mass is 32.2. The number of carbonyl (C=O) groups excluding carboxylic acids is 1. The van der Waals surface area contributed by atoms with E-state index in [1.165, 1.54) is 27.9 Å². The Labute approximate surface area is 162 Å². The molecule has 0 spiro atoms. The fourth-order valence-corrected chi connectivity index (χ4v) is 6.42. The van der Waals surface area contributed by atoms with Crippen molar-refractivity contribution in [2.75, 3.05) is 29.9 Å². The zero-order valence-corrected chi connectivity index (χ0v) is 16.3. The zero-order valence-electron chi connectivity index (χ0n) is 13.8. The molecule has 0 radical (unpaired) electrons. The van der Waals surface area contributed by atoms with Crippen molar-refractivity contribution in [1.82, 2.24) is 4.31 Å². The molecule has 1 saturated heterocycles. The molecule has 1 amide bonds. The molecule has 0 saturated carbocycles. The molecule has 0 unspecified atom stereocenters. The molecule has 1 aliphatic heterocycles. The molecule has 1 aromatic carbocycles. The highest BCUT2D eigenvalue weighted by molar-refractivity contribution is 7.99. The number of amides is 1. The highest BCUT2D eigenvalue weighted by Gasteiger charge is 2.32. The quantitative estimate of drug-likeness (QED) is 0.793. The number of hydrogen-bond acceptors (Lipinski definition) is 5. The molecule has 0 bridgehead atoms. The van der Waals surface area contributed by atoms with Gasteiger partial charge in [0.2, 0.25) is 10.0 Å². The van der Waals surface area contributed by atoms with E-state index in [0.717, 1.165) is 23.5 Å². The van der Waals surface area contributed by atoms with Crippen LogP contribution in [0.4, 0.5) is 18.9 Å². The molecule has 146 valence electrons. The molecular weight excluding hydrogens is 421 g/mol. The third-order valence-corrected chi connectivity index (χ3v) is 7.80. The van der Waals surface area contributed by atoms with Gasteiger partial charge in [0.05, 0.1) is 5.56 Å². The standard InChI is InChI=1S/C16H15F3N2O3S3/c17-16(18,19)11-2-1-3-12(10-11)20-15(22)14-13(4-7-26-14)27(23,24)21-5-8-25-9-6-21/h1-4,7,10H,5-6,8-9H2,(H,20,22). The lowest BCUT2D eigenvalue weighted by molar-refractivity contribution is -0.137. The Hall–Kier alpha value is -1.56. The first kappa shape index (κ1) is 20.2. The first-order valence-electron chi connectivity index (χ1n) is 7.83. The minimum atomic E-state index is -4.54. The SMILES string of the molecule is O=C(Nc1cccc(C(F)(F)F)c1)c1sccc1S(=O)(=O)N1CCSCC1. The highest BCUT2D eigenvalue weighted by Crippen LogP contribution is 2.32. The average Bonchev–Trinajstić information content (AvgIpc) is 3.13. The second-order valence-corrected chi connectivity index (χ2v) is 9.71. The van der Waals surface area contributed by atoms with Crippen LogP contribution in [0.2, 0.25) is 0 Å². The van der Waals surface area contributed by atoms with Crippen molar-refractivity contribution in [3.05, 3.63) is 46.2 Å². The third kappa shape index (κ3) is 4.48. The lowest BCUT2D eigenvalue weighted by atomic mass is 10.2. The maximum atomic E-state index is 12.8. The molecule has 0 aliphatic carbocycles. The Morgan fingerprint density at radius 1 is 1.15 bits per heavy atom. The van der Waals surface area contributed by atoms with Crippen LogP contribution in [0.1, 0.15) is 15.2 Å². The molecule has 1 aromatic heterocycles. The molecule has 0 atom stereocenters. The van der Waals surface area contributed by atoms with Crippen molar-refractivity contribution < 1.29 is 26.4 Å². The Morgan fingerprint density at radius 3 is 2.52 bits per heavy atom. The number of anilines is 1. The van der Waals surface area contributed by atoms with Gasteiger partial charge >= 0.3 is 6.18 Å². The van der Waals surface area contributed by atoms with Crippen molar-refractivity contribution in [3.8, 4) is 0 Å². The Kier molecular flexibility index (Phi) is 5.84. The first-order valence-corrected chi connectivity index (χ1v) is 11.3. The van der Waals surface area contributed by atoms with Gasteiger partial charge in [-0.1, -0.05) is 6.07 Å². The number of sulfonamides is 1. The van der Waals surface area contributed by atoms with Crippen molar-refractivity contribution in [2.24, 2.45) is 0 Å². The molecule has 27 heavy (non-hydrogen) atoms. The number of carbonyl (C=O) groups is 1. The van der Waals surface area contributed by atoms with E-state index in [0.29, 0.717) is 24.6 Å². The summed E-state index contributed by atoms with van der Waals surface area (Å²) >= 11 is 2.59. The molecule has 3 rings (SSSR count).